The van der Waals surface area contributed by atoms with Crippen LogP contribution in [0.5, 0.6) is 0 Å². The number of hydrogen-bond acceptors (Lipinski definition) is 4. The summed E-state index contributed by atoms with van der Waals surface area (Å²) >= 11 is 7.59. The van der Waals surface area contributed by atoms with E-state index in [1.807, 2.05) is 60.0 Å². The van der Waals surface area contributed by atoms with Gasteiger partial charge in [-0.15, -0.1) is 10.2 Å². The molecular weight excluding hydrogens is 392 g/mol. The Balaban J connectivity index is 1.65. The number of aromatic nitrogens is 3. The fraction of sp³-hybridized carbons (Fsp3) is 0.286. The minimum Gasteiger partial charge on any atom is -0.349 e. The Morgan fingerprint density at radius 1 is 1.25 bits per heavy atom. The fourth-order valence-corrected chi connectivity index (χ4v) is 3.81. The SMILES string of the molecule is CCC[C@@H](NC(=O)CSc1nncn1-c1ccc(C)c(Cl)c1)c1ccccc1. The quantitative estimate of drug-likeness (QED) is 0.528. The highest BCUT2D eigenvalue weighted by molar-refractivity contribution is 7.99. The van der Waals surface area contributed by atoms with E-state index in [9.17, 15) is 4.79 Å². The highest BCUT2D eigenvalue weighted by Gasteiger charge is 2.15. The van der Waals surface area contributed by atoms with Gasteiger partial charge in [-0.3, -0.25) is 9.36 Å². The van der Waals surface area contributed by atoms with Gasteiger partial charge in [-0.1, -0.05) is 73.1 Å². The van der Waals surface area contributed by atoms with Crippen LogP contribution in [0.2, 0.25) is 5.02 Å². The first kappa shape index (κ1) is 20.4. The lowest BCUT2D eigenvalue weighted by molar-refractivity contribution is -0.119. The first-order valence-corrected chi connectivity index (χ1v) is 10.6. The van der Waals surface area contributed by atoms with Gasteiger partial charge in [0, 0.05) is 5.02 Å². The van der Waals surface area contributed by atoms with Gasteiger partial charge in [0.25, 0.3) is 0 Å². The molecule has 0 saturated carbocycles. The third-order valence-electron chi connectivity index (χ3n) is 4.40. The highest BCUT2D eigenvalue weighted by Crippen LogP contribution is 2.24. The van der Waals surface area contributed by atoms with Gasteiger partial charge in [0.15, 0.2) is 5.16 Å². The maximum atomic E-state index is 12.5. The number of rotatable bonds is 8. The number of hydrogen-bond donors (Lipinski definition) is 1. The van der Waals surface area contributed by atoms with Crippen molar-refractivity contribution in [2.75, 3.05) is 5.75 Å². The molecule has 5 nitrogen and oxygen atoms in total. The van der Waals surface area contributed by atoms with E-state index in [4.69, 9.17) is 11.6 Å². The lowest BCUT2D eigenvalue weighted by Gasteiger charge is -2.18. The number of carbonyl (C=O) groups is 1. The van der Waals surface area contributed by atoms with Crippen LogP contribution in [0, 0.1) is 6.92 Å². The molecule has 1 atom stereocenters. The summed E-state index contributed by atoms with van der Waals surface area (Å²) in [7, 11) is 0. The van der Waals surface area contributed by atoms with Crippen LogP contribution in [-0.2, 0) is 4.79 Å². The van der Waals surface area contributed by atoms with Crippen molar-refractivity contribution in [3.8, 4) is 5.69 Å². The smallest absolute Gasteiger partial charge is 0.230 e. The van der Waals surface area contributed by atoms with E-state index in [0.717, 1.165) is 29.7 Å². The van der Waals surface area contributed by atoms with E-state index in [-0.39, 0.29) is 17.7 Å². The van der Waals surface area contributed by atoms with Crippen molar-refractivity contribution >= 4 is 29.3 Å². The predicted octanol–water partition coefficient (Wildman–Crippen LogP) is 4.98. The lowest BCUT2D eigenvalue weighted by atomic mass is 10.0. The zero-order valence-corrected chi connectivity index (χ0v) is 17.5. The number of nitrogens with one attached hydrogen (secondary N) is 1. The molecule has 0 radical (unpaired) electrons. The minimum atomic E-state index is -0.0243. The number of halogens is 1. The molecule has 1 amide bonds. The molecule has 0 spiro atoms. The average molecular weight is 415 g/mol. The van der Waals surface area contributed by atoms with Gasteiger partial charge in [-0.2, -0.15) is 0 Å². The summed E-state index contributed by atoms with van der Waals surface area (Å²) in [4.78, 5) is 12.5. The van der Waals surface area contributed by atoms with Gasteiger partial charge in [0.1, 0.15) is 6.33 Å². The van der Waals surface area contributed by atoms with E-state index >= 15 is 0 Å². The van der Waals surface area contributed by atoms with E-state index in [1.165, 1.54) is 11.8 Å². The van der Waals surface area contributed by atoms with E-state index in [0.29, 0.717) is 10.2 Å². The van der Waals surface area contributed by atoms with Gasteiger partial charge in [-0.05, 0) is 36.6 Å². The Hall–Kier alpha value is -2.31. The molecule has 1 N–H and O–H groups in total. The molecule has 2 aromatic carbocycles. The third-order valence-corrected chi connectivity index (χ3v) is 5.75. The number of aryl methyl sites for hydroxylation is 1. The second-order valence-corrected chi connectivity index (χ2v) is 7.87. The number of benzene rings is 2. The number of thioether (sulfide) groups is 1. The molecule has 0 aliphatic heterocycles. The van der Waals surface area contributed by atoms with Gasteiger partial charge in [0.2, 0.25) is 5.91 Å². The molecule has 28 heavy (non-hydrogen) atoms. The van der Waals surface area contributed by atoms with Crippen LogP contribution < -0.4 is 5.32 Å². The van der Waals surface area contributed by atoms with Crippen LogP contribution in [0.3, 0.4) is 0 Å². The standard InChI is InChI=1S/C21H23ClN4OS/c1-3-7-19(16-8-5-4-6-9-16)24-20(27)13-28-21-25-23-14-26(21)17-11-10-15(2)18(22)12-17/h4-6,8-12,14,19H,3,7,13H2,1-2H3,(H,24,27)/t19-/m1/s1. The summed E-state index contributed by atoms with van der Waals surface area (Å²) in [6.07, 6.45) is 3.53. The maximum Gasteiger partial charge on any atom is 0.230 e. The minimum absolute atomic E-state index is 0.0214. The van der Waals surface area contributed by atoms with Gasteiger partial charge < -0.3 is 5.32 Å². The molecular formula is C21H23ClN4OS. The van der Waals surface area contributed by atoms with Crippen molar-refractivity contribution in [1.82, 2.24) is 20.1 Å². The number of amides is 1. The van der Waals surface area contributed by atoms with E-state index in [2.05, 4.69) is 22.4 Å². The summed E-state index contributed by atoms with van der Waals surface area (Å²) in [6.45, 7) is 4.07. The first-order valence-electron chi connectivity index (χ1n) is 9.22. The molecule has 0 saturated heterocycles. The van der Waals surface area contributed by atoms with Gasteiger partial charge in [0.05, 0.1) is 17.5 Å². The Bertz CT molecular complexity index is 929. The Kier molecular flexibility index (Phi) is 7.12. The zero-order valence-electron chi connectivity index (χ0n) is 15.9. The summed E-state index contributed by atoms with van der Waals surface area (Å²) in [5.74, 6) is 0.245. The van der Waals surface area contributed by atoms with Crippen LogP contribution in [0.15, 0.2) is 60.0 Å². The molecule has 0 aliphatic rings. The van der Waals surface area contributed by atoms with Gasteiger partial charge >= 0.3 is 0 Å². The van der Waals surface area contributed by atoms with Crippen molar-refractivity contribution in [2.24, 2.45) is 0 Å². The molecule has 7 heteroatoms. The zero-order chi connectivity index (χ0) is 19.9. The third kappa shape index (κ3) is 5.14. The molecule has 0 bridgehead atoms. The fourth-order valence-electron chi connectivity index (χ4n) is 2.89. The Labute approximate surface area is 174 Å². The van der Waals surface area contributed by atoms with Crippen LogP contribution in [0.1, 0.15) is 36.9 Å². The van der Waals surface area contributed by atoms with E-state index < -0.39 is 0 Å². The average Bonchev–Trinajstić information content (AvgIpc) is 3.17. The largest absolute Gasteiger partial charge is 0.349 e. The van der Waals surface area contributed by atoms with Crippen molar-refractivity contribution in [1.29, 1.82) is 0 Å². The van der Waals surface area contributed by atoms with Crippen LogP contribution in [-0.4, -0.2) is 26.4 Å². The van der Waals surface area contributed by atoms with Crippen LogP contribution >= 0.6 is 23.4 Å². The first-order chi connectivity index (χ1) is 13.6. The molecule has 3 rings (SSSR count). The number of nitrogens with zero attached hydrogens (tertiary/aromatic N) is 3. The molecule has 0 fully saturated rings. The van der Waals surface area contributed by atoms with Crippen molar-refractivity contribution < 1.29 is 4.79 Å². The molecule has 146 valence electrons. The Morgan fingerprint density at radius 3 is 2.75 bits per heavy atom. The molecule has 1 aromatic heterocycles. The monoisotopic (exact) mass is 414 g/mol. The molecule has 3 aromatic rings. The van der Waals surface area contributed by atoms with Crippen LogP contribution in [0.25, 0.3) is 5.69 Å². The molecule has 0 unspecified atom stereocenters. The lowest BCUT2D eigenvalue weighted by Crippen LogP contribution is -2.30. The van der Waals surface area contributed by atoms with Crippen LogP contribution in [0.4, 0.5) is 0 Å². The molecule has 0 aliphatic carbocycles. The summed E-state index contributed by atoms with van der Waals surface area (Å²) in [5.41, 5.74) is 3.01. The van der Waals surface area contributed by atoms with E-state index in [1.54, 1.807) is 6.33 Å². The Morgan fingerprint density at radius 2 is 2.04 bits per heavy atom. The summed E-state index contributed by atoms with van der Waals surface area (Å²) < 4.78 is 1.84. The number of carbonyl (C=O) groups excluding carboxylic acids is 1. The normalized spacial score (nSPS) is 12.0. The highest BCUT2D eigenvalue weighted by atomic mass is 35.5. The van der Waals surface area contributed by atoms with Crippen molar-refractivity contribution in [3.63, 3.8) is 0 Å². The van der Waals surface area contributed by atoms with Gasteiger partial charge in [-0.25, -0.2) is 0 Å². The molecule has 1 heterocycles. The summed E-state index contributed by atoms with van der Waals surface area (Å²) in [6, 6.07) is 15.9. The summed E-state index contributed by atoms with van der Waals surface area (Å²) in [5, 5.41) is 12.6. The van der Waals surface area contributed by atoms with Crippen molar-refractivity contribution in [2.45, 2.75) is 37.9 Å². The predicted molar refractivity (Wildman–Crippen MR) is 114 cm³/mol. The maximum absolute atomic E-state index is 12.5. The topological polar surface area (TPSA) is 59.8 Å². The second-order valence-electron chi connectivity index (χ2n) is 6.53. The second kappa shape index (κ2) is 9.75. The van der Waals surface area contributed by atoms with Crippen molar-refractivity contribution in [3.05, 3.63) is 71.0 Å².